The highest BCUT2D eigenvalue weighted by Gasteiger charge is 2.60. The van der Waals surface area contributed by atoms with E-state index in [0.717, 1.165) is 39.2 Å². The Kier molecular flexibility index (Phi) is 7.29. The number of aromatic nitrogens is 4. The number of aryl methyl sites for hydroxylation is 2. The predicted octanol–water partition coefficient (Wildman–Crippen LogP) is 7.09. The Labute approximate surface area is 258 Å². The van der Waals surface area contributed by atoms with Crippen molar-refractivity contribution in [3.63, 3.8) is 0 Å². The smallest absolute Gasteiger partial charge is 0.196 e. The molecule has 4 aromatic rings. The lowest BCUT2D eigenvalue weighted by Crippen LogP contribution is -2.59. The Morgan fingerprint density at radius 1 is 1.02 bits per heavy atom. The first kappa shape index (κ1) is 28.5. The van der Waals surface area contributed by atoms with E-state index in [9.17, 15) is 0 Å². The van der Waals surface area contributed by atoms with Crippen LogP contribution in [-0.4, -0.2) is 44.7 Å². The molecule has 226 valence electrons. The number of aliphatic imine (C=N–C) groups is 1. The second-order valence-corrected chi connectivity index (χ2v) is 14.0. The van der Waals surface area contributed by atoms with Crippen molar-refractivity contribution in [3.8, 4) is 10.8 Å². The van der Waals surface area contributed by atoms with Crippen molar-refractivity contribution in [2.45, 2.75) is 91.7 Å². The average molecular weight is 599 g/mol. The monoisotopic (exact) mass is 598 g/mol. The molecule has 4 aliphatic rings. The van der Waals surface area contributed by atoms with Crippen LogP contribution in [-0.2, 0) is 6.42 Å². The first-order valence-corrected chi connectivity index (χ1v) is 16.7. The normalized spacial score (nSPS) is 21.5. The summed E-state index contributed by atoms with van der Waals surface area (Å²) >= 11 is 1.77. The average Bonchev–Trinajstić information content (AvgIpc) is 3.69. The van der Waals surface area contributed by atoms with E-state index in [1.807, 2.05) is 20.8 Å². The summed E-state index contributed by atoms with van der Waals surface area (Å²) in [7, 11) is 0. The van der Waals surface area contributed by atoms with Gasteiger partial charge >= 0.3 is 0 Å². The molecule has 8 nitrogen and oxygen atoms in total. The summed E-state index contributed by atoms with van der Waals surface area (Å²) in [6.45, 7) is 12.8. The maximum absolute atomic E-state index is 6.47. The van der Waals surface area contributed by atoms with Crippen LogP contribution in [0.15, 0.2) is 46.1 Å². The fraction of sp³-hybridized carbons (Fsp3) is 0.529. The number of nitrogens with zero attached hydrogens (tertiary/aromatic N) is 5. The van der Waals surface area contributed by atoms with Crippen LogP contribution in [0.1, 0.15) is 97.5 Å². The third-order valence-electron chi connectivity index (χ3n) is 10.0. The standard InChI is InChI=1S/C32H36N6O2S.C2H6/c1-19-20(2)41-30-27(19)28(35-25(14-26-34-12-13-39-26)29-37-36-21(3)38(29)30)22-4-6-23(7-5-22)40-24-15-32(16-24)17-31(18-32)8-10-33-11-9-31;1-2/h4-7,12-13,24-25,33H,8-11,14-18H2,1-3H3;1-2H3. The van der Waals surface area contributed by atoms with Crippen LogP contribution in [0, 0.1) is 31.6 Å². The molecular formula is C34H42N6O2S. The van der Waals surface area contributed by atoms with Crippen LogP contribution in [0.3, 0.4) is 0 Å². The Morgan fingerprint density at radius 3 is 2.47 bits per heavy atom. The second-order valence-electron chi connectivity index (χ2n) is 12.8. The van der Waals surface area contributed by atoms with Crippen LogP contribution in [0.2, 0.25) is 0 Å². The molecule has 3 fully saturated rings. The fourth-order valence-corrected chi connectivity index (χ4v) is 9.27. The molecule has 0 amide bonds. The second kappa shape index (κ2) is 11.0. The molecule has 43 heavy (non-hydrogen) atoms. The van der Waals surface area contributed by atoms with Gasteiger partial charge in [-0.15, -0.1) is 21.5 Å². The molecule has 1 atom stereocenters. The molecule has 8 rings (SSSR count). The van der Waals surface area contributed by atoms with E-state index in [4.69, 9.17) is 14.1 Å². The number of oxazole rings is 1. The van der Waals surface area contributed by atoms with Crippen molar-refractivity contribution < 1.29 is 9.15 Å². The molecule has 0 radical (unpaired) electrons. The number of piperidine rings is 1. The maximum Gasteiger partial charge on any atom is 0.196 e. The Hall–Kier alpha value is -3.30. The van der Waals surface area contributed by atoms with Gasteiger partial charge in [-0.25, -0.2) is 4.98 Å². The van der Waals surface area contributed by atoms with E-state index >= 15 is 0 Å². The van der Waals surface area contributed by atoms with Gasteiger partial charge in [0.25, 0.3) is 0 Å². The zero-order chi connectivity index (χ0) is 29.8. The third kappa shape index (κ3) is 4.94. The van der Waals surface area contributed by atoms with Gasteiger partial charge in [-0.05, 0) is 113 Å². The first-order valence-electron chi connectivity index (χ1n) is 15.9. The van der Waals surface area contributed by atoms with Crippen molar-refractivity contribution >= 4 is 17.0 Å². The summed E-state index contributed by atoms with van der Waals surface area (Å²) in [5, 5.41) is 13.7. The third-order valence-corrected chi connectivity index (χ3v) is 11.2. The van der Waals surface area contributed by atoms with Gasteiger partial charge < -0.3 is 14.5 Å². The molecule has 5 heterocycles. The van der Waals surface area contributed by atoms with Gasteiger partial charge in [0.1, 0.15) is 28.9 Å². The molecule has 2 saturated carbocycles. The molecule has 1 N–H and O–H groups in total. The van der Waals surface area contributed by atoms with E-state index in [0.29, 0.717) is 29.2 Å². The van der Waals surface area contributed by atoms with Crippen molar-refractivity contribution in [2.24, 2.45) is 15.8 Å². The van der Waals surface area contributed by atoms with E-state index in [1.54, 1.807) is 23.8 Å². The molecule has 3 aromatic heterocycles. The highest BCUT2D eigenvalue weighted by Crippen LogP contribution is 2.67. The quantitative estimate of drug-likeness (QED) is 0.264. The molecule has 0 bridgehead atoms. The highest BCUT2D eigenvalue weighted by atomic mass is 32.1. The van der Waals surface area contributed by atoms with Crippen LogP contribution >= 0.6 is 11.3 Å². The summed E-state index contributed by atoms with van der Waals surface area (Å²) in [6, 6.07) is 8.29. The summed E-state index contributed by atoms with van der Waals surface area (Å²) in [6.07, 6.45) is 12.1. The van der Waals surface area contributed by atoms with E-state index < -0.39 is 0 Å². The molecule has 1 aromatic carbocycles. The lowest BCUT2D eigenvalue weighted by molar-refractivity contribution is -0.156. The summed E-state index contributed by atoms with van der Waals surface area (Å²) < 4.78 is 14.3. The molecular weight excluding hydrogens is 556 g/mol. The SMILES string of the molecule is CC.Cc1sc2c(c1C)C(c1ccc(OC3CC4(C3)CC3(CCNCC3)C4)cc1)=NC(Cc1ncco1)c1nnc(C)n1-2. The molecule has 2 aliphatic carbocycles. The highest BCUT2D eigenvalue weighted by molar-refractivity contribution is 7.15. The van der Waals surface area contributed by atoms with Gasteiger partial charge in [-0.2, -0.15) is 0 Å². The van der Waals surface area contributed by atoms with Crippen LogP contribution in [0.4, 0.5) is 0 Å². The number of nitrogens with one attached hydrogen (secondary N) is 1. The topological polar surface area (TPSA) is 90.4 Å². The molecule has 2 spiro atoms. The molecule has 2 aliphatic heterocycles. The minimum Gasteiger partial charge on any atom is -0.490 e. The van der Waals surface area contributed by atoms with Gasteiger partial charge in [0.15, 0.2) is 11.7 Å². The van der Waals surface area contributed by atoms with E-state index in [1.165, 1.54) is 62.1 Å². The van der Waals surface area contributed by atoms with Gasteiger partial charge in [-0.1, -0.05) is 13.8 Å². The lowest BCUT2D eigenvalue weighted by Gasteiger charge is -2.64. The minimum atomic E-state index is -0.267. The van der Waals surface area contributed by atoms with Crippen molar-refractivity contribution in [3.05, 3.63) is 75.8 Å². The van der Waals surface area contributed by atoms with Crippen molar-refractivity contribution in [1.82, 2.24) is 25.1 Å². The molecule has 1 unspecified atom stereocenters. The van der Waals surface area contributed by atoms with E-state index in [2.05, 4.69) is 63.2 Å². The zero-order valence-electron chi connectivity index (χ0n) is 25.9. The number of thiophene rings is 1. The Bertz CT molecular complexity index is 1610. The number of fused-ring (bicyclic) bond motifs is 3. The lowest BCUT2D eigenvalue weighted by atomic mass is 9.42. The number of hydrogen-bond donors (Lipinski definition) is 1. The van der Waals surface area contributed by atoms with Crippen LogP contribution < -0.4 is 10.1 Å². The predicted molar refractivity (Wildman–Crippen MR) is 170 cm³/mol. The maximum atomic E-state index is 6.47. The van der Waals surface area contributed by atoms with Gasteiger partial charge in [-0.3, -0.25) is 9.56 Å². The van der Waals surface area contributed by atoms with Gasteiger partial charge in [0.2, 0.25) is 0 Å². The van der Waals surface area contributed by atoms with Crippen molar-refractivity contribution in [1.29, 1.82) is 0 Å². The van der Waals surface area contributed by atoms with Crippen LogP contribution in [0.5, 0.6) is 5.75 Å². The zero-order valence-corrected chi connectivity index (χ0v) is 26.8. The summed E-state index contributed by atoms with van der Waals surface area (Å²) in [5.41, 5.74) is 5.62. The molecule has 1 saturated heterocycles. The fourth-order valence-electron chi connectivity index (χ4n) is 8.06. The number of benzene rings is 1. The van der Waals surface area contributed by atoms with E-state index in [-0.39, 0.29) is 6.04 Å². The number of ether oxygens (including phenoxy) is 1. The molecule has 9 heteroatoms. The number of rotatable bonds is 5. The first-order chi connectivity index (χ1) is 20.9. The largest absolute Gasteiger partial charge is 0.490 e. The van der Waals surface area contributed by atoms with Gasteiger partial charge in [0, 0.05) is 16.0 Å². The van der Waals surface area contributed by atoms with Crippen LogP contribution in [0.25, 0.3) is 5.00 Å². The summed E-state index contributed by atoms with van der Waals surface area (Å²) in [4.78, 5) is 11.0. The number of hydrogen-bond acceptors (Lipinski definition) is 8. The van der Waals surface area contributed by atoms with Crippen molar-refractivity contribution in [2.75, 3.05) is 13.1 Å². The minimum absolute atomic E-state index is 0.267. The Balaban J connectivity index is 0.00000147. The van der Waals surface area contributed by atoms with Gasteiger partial charge in [0.05, 0.1) is 24.4 Å². The Morgan fingerprint density at radius 2 is 1.77 bits per heavy atom. The summed E-state index contributed by atoms with van der Waals surface area (Å²) in [5.74, 6) is 3.26.